The van der Waals surface area contributed by atoms with Crippen molar-refractivity contribution in [1.82, 2.24) is 0 Å². The normalized spacial score (nSPS) is 0. The van der Waals surface area contributed by atoms with Crippen LogP contribution in [0.25, 0.3) is 0 Å². The van der Waals surface area contributed by atoms with Crippen LogP contribution < -0.4 is 0 Å². The number of hydrogen-bond donors (Lipinski definition) is 0. The SMILES string of the molecule is F.F.F.F.F.I. The second-order valence-corrected chi connectivity index (χ2v) is 0. The highest BCUT2D eigenvalue weighted by Gasteiger charge is -0.107. The Hall–Kier alpha value is 0.380. The van der Waals surface area contributed by atoms with Crippen LogP contribution in [0.3, 0.4) is 0 Å². The van der Waals surface area contributed by atoms with Crippen molar-refractivity contribution >= 4 is 24.0 Å². The predicted molar refractivity (Wildman–Crippen MR) is 27.9 cm³/mol. The summed E-state index contributed by atoms with van der Waals surface area (Å²) < 4.78 is 0. The van der Waals surface area contributed by atoms with Gasteiger partial charge in [0, 0.05) is 0 Å². The van der Waals surface area contributed by atoms with E-state index in [4.69, 9.17) is 0 Å². The van der Waals surface area contributed by atoms with E-state index in [-0.39, 0.29) is 47.5 Å². The zero-order valence-electron chi connectivity index (χ0n) is 2.45. The highest BCUT2D eigenvalue weighted by Crippen LogP contribution is 0.886. The van der Waals surface area contributed by atoms with Crippen molar-refractivity contribution < 1.29 is 23.5 Å². The van der Waals surface area contributed by atoms with Gasteiger partial charge in [-0.25, -0.2) is 0 Å². The molecular formula is H6F5I. The second-order valence-electron chi connectivity index (χ2n) is 0. The molecule has 0 atom stereocenters. The van der Waals surface area contributed by atoms with Crippen molar-refractivity contribution in [2.45, 2.75) is 0 Å². The Morgan fingerprint density at radius 1 is 0.333 bits per heavy atom. The molecule has 48 valence electrons. The fourth-order valence-corrected chi connectivity index (χ4v) is 0. The summed E-state index contributed by atoms with van der Waals surface area (Å²) in [7, 11) is 0. The Labute approximate surface area is 48.2 Å². The van der Waals surface area contributed by atoms with Gasteiger partial charge in [0.25, 0.3) is 0 Å². The van der Waals surface area contributed by atoms with Crippen molar-refractivity contribution in [2.75, 3.05) is 0 Å². The topological polar surface area (TPSA) is 0 Å². The van der Waals surface area contributed by atoms with Crippen LogP contribution in [0, 0.1) is 0 Å². The van der Waals surface area contributed by atoms with Gasteiger partial charge in [-0.3, -0.25) is 23.5 Å². The van der Waals surface area contributed by atoms with Gasteiger partial charge in [-0.15, -0.1) is 24.0 Å². The van der Waals surface area contributed by atoms with E-state index in [2.05, 4.69) is 0 Å². The van der Waals surface area contributed by atoms with E-state index in [1.807, 2.05) is 0 Å². The van der Waals surface area contributed by atoms with Crippen LogP contribution in [0.4, 0.5) is 23.5 Å². The molecule has 0 heterocycles. The van der Waals surface area contributed by atoms with E-state index in [0.29, 0.717) is 0 Å². The molecule has 0 aliphatic rings. The average molecular weight is 228 g/mol. The predicted octanol–water partition coefficient (Wildman–Crippen LogP) is 1.38. The van der Waals surface area contributed by atoms with Gasteiger partial charge in [0.05, 0.1) is 0 Å². The molecule has 0 radical (unpaired) electrons. The van der Waals surface area contributed by atoms with Crippen molar-refractivity contribution in [2.24, 2.45) is 0 Å². The third kappa shape index (κ3) is 347. The summed E-state index contributed by atoms with van der Waals surface area (Å²) in [6.45, 7) is 0. The monoisotopic (exact) mass is 228 g/mol. The van der Waals surface area contributed by atoms with Crippen molar-refractivity contribution in [3.8, 4) is 0 Å². The maximum Gasteiger partial charge on any atom is -0.107 e. The summed E-state index contributed by atoms with van der Waals surface area (Å²) in [5, 5.41) is 0. The largest absolute Gasteiger partial charge is 0.269 e. The smallest absolute Gasteiger partial charge is 0.107 e. The standard InChI is InChI=1S/5FH.HI/h6*1H. The lowest BCUT2D eigenvalue weighted by atomic mass is 19.0. The minimum atomic E-state index is 0. The Morgan fingerprint density at radius 2 is 0.333 bits per heavy atom. The summed E-state index contributed by atoms with van der Waals surface area (Å²) in [6.07, 6.45) is 0. The van der Waals surface area contributed by atoms with E-state index < -0.39 is 0 Å². The summed E-state index contributed by atoms with van der Waals surface area (Å²) in [4.78, 5) is 0. The molecule has 0 saturated carbocycles. The molecule has 0 unspecified atom stereocenters. The third-order valence-electron chi connectivity index (χ3n) is 0. The zero-order chi connectivity index (χ0) is 0. The summed E-state index contributed by atoms with van der Waals surface area (Å²) in [6, 6.07) is 0. The molecule has 0 saturated heterocycles. The molecule has 6 heavy (non-hydrogen) atoms. The minimum Gasteiger partial charge on any atom is -0.269 e. The van der Waals surface area contributed by atoms with Crippen LogP contribution in [0.5, 0.6) is 0 Å². The molecule has 6 heteroatoms. The van der Waals surface area contributed by atoms with Crippen molar-refractivity contribution in [1.29, 1.82) is 0 Å². The quantitative estimate of drug-likeness (QED) is 0.434. The van der Waals surface area contributed by atoms with E-state index >= 15 is 0 Å². The van der Waals surface area contributed by atoms with Crippen LogP contribution in [0.15, 0.2) is 0 Å². The lowest BCUT2D eigenvalue weighted by Crippen LogP contribution is 0.419. The Kier molecular flexibility index (Phi) is 152000. The fourth-order valence-electron chi connectivity index (χ4n) is 0. The molecule has 0 N–H and O–H groups in total. The maximum atomic E-state index is 0. The first-order chi connectivity index (χ1) is 0. The first-order valence-corrected chi connectivity index (χ1v) is 0. The number of halogens is 6. The fraction of sp³-hybridized carbons (Fsp3) is 0. The summed E-state index contributed by atoms with van der Waals surface area (Å²) >= 11 is 0. The third-order valence-corrected chi connectivity index (χ3v) is 0. The summed E-state index contributed by atoms with van der Waals surface area (Å²) in [5.74, 6) is 0. The number of rotatable bonds is 0. The lowest BCUT2D eigenvalue weighted by molar-refractivity contribution is 1.11. The average Bonchev–Trinajstić information content (AvgIpc) is 0. The molecule has 0 fully saturated rings. The van der Waals surface area contributed by atoms with Crippen molar-refractivity contribution in [3.05, 3.63) is 0 Å². The van der Waals surface area contributed by atoms with Gasteiger partial charge in [-0.05, 0) is 0 Å². The van der Waals surface area contributed by atoms with E-state index in [1.54, 1.807) is 0 Å². The van der Waals surface area contributed by atoms with Crippen LogP contribution in [-0.2, 0) is 0 Å². The van der Waals surface area contributed by atoms with E-state index in [1.165, 1.54) is 0 Å². The van der Waals surface area contributed by atoms with Crippen LogP contribution in [0.1, 0.15) is 0 Å². The Balaban J connectivity index is 0. The molecule has 0 spiro atoms. The lowest BCUT2D eigenvalue weighted by Gasteiger charge is -0.270. The zero-order valence-corrected chi connectivity index (χ0v) is 4.78. The second kappa shape index (κ2) is 715. The van der Waals surface area contributed by atoms with Gasteiger partial charge in [0.15, 0.2) is 0 Å². The molecular weight excluding hydrogens is 222 g/mol. The molecule has 0 bridgehead atoms. The highest BCUT2D eigenvalue weighted by atomic mass is 127. The van der Waals surface area contributed by atoms with Crippen molar-refractivity contribution in [3.63, 3.8) is 0 Å². The van der Waals surface area contributed by atoms with Gasteiger partial charge in [-0.1, -0.05) is 0 Å². The summed E-state index contributed by atoms with van der Waals surface area (Å²) in [5.41, 5.74) is 0. The van der Waals surface area contributed by atoms with Gasteiger partial charge < -0.3 is 0 Å². The highest BCUT2D eigenvalue weighted by molar-refractivity contribution is 14.0. The first kappa shape index (κ1) is 1280. The van der Waals surface area contributed by atoms with Gasteiger partial charge >= 0.3 is 0 Å². The molecule has 0 aromatic heterocycles. The molecule has 0 rings (SSSR count). The molecule has 0 aliphatic carbocycles. The molecule has 0 aromatic rings. The molecule has 0 aliphatic heterocycles. The molecule has 0 aromatic carbocycles. The van der Waals surface area contributed by atoms with E-state index in [0.717, 1.165) is 0 Å². The number of hydrogen-bond acceptors (Lipinski definition) is 0. The molecule has 0 nitrogen and oxygen atoms in total. The molecule has 0 amide bonds. The van der Waals surface area contributed by atoms with Gasteiger partial charge in [0.2, 0.25) is 0 Å². The minimum absolute atomic E-state index is 0. The van der Waals surface area contributed by atoms with Gasteiger partial charge in [-0.2, -0.15) is 0 Å². The van der Waals surface area contributed by atoms with Gasteiger partial charge in [0.1, 0.15) is 0 Å². The first-order valence-electron chi connectivity index (χ1n) is 0. The maximum absolute atomic E-state index is 0. The van der Waals surface area contributed by atoms with Crippen LogP contribution >= 0.6 is 24.0 Å². The Morgan fingerprint density at radius 3 is 0.333 bits per heavy atom. The van der Waals surface area contributed by atoms with Crippen LogP contribution in [0.2, 0.25) is 0 Å². The van der Waals surface area contributed by atoms with Crippen LogP contribution in [-0.4, -0.2) is 0 Å². The Bertz CT molecular complexity index is 3.90. The van der Waals surface area contributed by atoms with E-state index in [9.17, 15) is 0 Å².